The highest BCUT2D eigenvalue weighted by atomic mass is 16.7. The third-order valence-electron chi connectivity index (χ3n) is 6.16. The second kappa shape index (κ2) is 14.7. The molecule has 1 saturated heterocycles. The Morgan fingerprint density at radius 3 is 2.10 bits per heavy atom. The summed E-state index contributed by atoms with van der Waals surface area (Å²) in [5.74, 6) is -4.95. The molecular weight excluding hydrogens is 540 g/mol. The van der Waals surface area contributed by atoms with Crippen LogP contribution in [0.5, 0.6) is 0 Å². The molecule has 3 rings (SSSR count). The second-order valence-electron chi connectivity index (χ2n) is 9.46. The van der Waals surface area contributed by atoms with E-state index in [1.54, 1.807) is 42.5 Å². The highest BCUT2D eigenvalue weighted by Gasteiger charge is 2.55. The summed E-state index contributed by atoms with van der Waals surface area (Å²) in [4.78, 5) is 48.7. The van der Waals surface area contributed by atoms with Crippen LogP contribution in [-0.4, -0.2) is 83.6 Å². The first-order chi connectivity index (χ1) is 19.5. The summed E-state index contributed by atoms with van der Waals surface area (Å²) in [6, 6.07) is 17.0. The normalized spacial score (nSPS) is 23.5. The van der Waals surface area contributed by atoms with Crippen LogP contribution in [0.3, 0.4) is 0 Å². The lowest BCUT2D eigenvalue weighted by Crippen LogP contribution is -2.64. The molecule has 0 unspecified atom stereocenters. The lowest BCUT2D eigenvalue weighted by atomic mass is 9.90. The summed E-state index contributed by atoms with van der Waals surface area (Å²) in [7, 11) is 0. The van der Waals surface area contributed by atoms with E-state index in [2.05, 4.69) is 0 Å². The molecule has 222 valence electrons. The third-order valence-corrected chi connectivity index (χ3v) is 6.16. The Balaban J connectivity index is 1.94. The van der Waals surface area contributed by atoms with Crippen molar-refractivity contribution in [2.24, 2.45) is 0 Å². The van der Waals surface area contributed by atoms with Gasteiger partial charge in [0.05, 0.1) is 18.8 Å². The van der Waals surface area contributed by atoms with Crippen molar-refractivity contribution in [3.05, 3.63) is 71.8 Å². The summed E-state index contributed by atoms with van der Waals surface area (Å²) >= 11 is 0. The minimum absolute atomic E-state index is 0.0331. The fourth-order valence-corrected chi connectivity index (χ4v) is 4.41. The van der Waals surface area contributed by atoms with Crippen molar-refractivity contribution >= 4 is 23.9 Å². The minimum Gasteiger partial charge on any atom is -0.459 e. The SMILES string of the molecule is CC(=O)O[C@@H]([C@@H]1O[C@](CO)(OCc2ccccc2)C[C@H](OC(C)=O)[C@H]1OC(C)=O)[C@H](O)COC(=O)c1ccccc1. The molecular formula is C29H34O12. The standard InChI is InChI=1S/C29H34O12/c1-18(31)38-24-14-29(17-30,37-15-21-10-6-4-7-11-21)41-27(26(24)40-20(3)33)25(39-19(2)32)23(34)16-36-28(35)22-12-8-5-9-13-22/h4-13,23-27,30,34H,14-17H2,1-3H3/t23-,24+,25-,26-,27+,29-/m1/s1. The van der Waals surface area contributed by atoms with Gasteiger partial charge in [0.25, 0.3) is 0 Å². The molecule has 12 heteroatoms. The van der Waals surface area contributed by atoms with Gasteiger partial charge in [0, 0.05) is 27.2 Å². The van der Waals surface area contributed by atoms with E-state index in [9.17, 15) is 29.4 Å². The largest absolute Gasteiger partial charge is 0.459 e. The van der Waals surface area contributed by atoms with E-state index < -0.39 is 73.4 Å². The zero-order valence-corrected chi connectivity index (χ0v) is 23.0. The summed E-state index contributed by atoms with van der Waals surface area (Å²) in [6.45, 7) is 1.91. The molecule has 0 amide bonds. The first-order valence-corrected chi connectivity index (χ1v) is 12.9. The van der Waals surface area contributed by atoms with Crippen LogP contribution in [0.25, 0.3) is 0 Å². The molecule has 2 N–H and O–H groups in total. The number of hydrogen-bond acceptors (Lipinski definition) is 12. The van der Waals surface area contributed by atoms with Gasteiger partial charge in [-0.2, -0.15) is 0 Å². The Hall–Kier alpha value is -3.84. The van der Waals surface area contributed by atoms with Gasteiger partial charge in [-0.3, -0.25) is 14.4 Å². The molecule has 2 aromatic rings. The van der Waals surface area contributed by atoms with Gasteiger partial charge in [-0.05, 0) is 17.7 Å². The number of ether oxygens (including phenoxy) is 6. The molecule has 0 radical (unpaired) electrons. The molecule has 1 heterocycles. The molecule has 12 nitrogen and oxygen atoms in total. The Morgan fingerprint density at radius 1 is 0.927 bits per heavy atom. The van der Waals surface area contributed by atoms with Crippen LogP contribution in [0.4, 0.5) is 0 Å². The van der Waals surface area contributed by atoms with Gasteiger partial charge in [0.15, 0.2) is 18.0 Å². The number of aliphatic hydroxyl groups is 2. The van der Waals surface area contributed by atoms with E-state index in [1.807, 2.05) is 6.07 Å². The Morgan fingerprint density at radius 2 is 1.54 bits per heavy atom. The van der Waals surface area contributed by atoms with Crippen LogP contribution < -0.4 is 0 Å². The zero-order valence-electron chi connectivity index (χ0n) is 23.0. The molecule has 1 aliphatic heterocycles. The topological polar surface area (TPSA) is 164 Å². The van der Waals surface area contributed by atoms with Gasteiger partial charge in [-0.25, -0.2) is 4.79 Å². The molecule has 0 aromatic heterocycles. The number of hydrogen-bond donors (Lipinski definition) is 2. The fourth-order valence-electron chi connectivity index (χ4n) is 4.41. The number of esters is 4. The molecule has 6 atom stereocenters. The van der Waals surface area contributed by atoms with E-state index in [4.69, 9.17) is 28.4 Å². The predicted octanol–water partition coefficient (Wildman–Crippen LogP) is 1.69. The van der Waals surface area contributed by atoms with Crippen LogP contribution >= 0.6 is 0 Å². The number of rotatable bonds is 12. The van der Waals surface area contributed by atoms with E-state index in [1.165, 1.54) is 12.1 Å². The molecule has 0 saturated carbocycles. The number of carbonyl (C=O) groups excluding carboxylic acids is 4. The molecule has 0 aliphatic carbocycles. The van der Waals surface area contributed by atoms with Crippen molar-refractivity contribution in [2.75, 3.05) is 13.2 Å². The number of aliphatic hydroxyl groups excluding tert-OH is 2. The smallest absolute Gasteiger partial charge is 0.338 e. The maximum absolute atomic E-state index is 12.5. The Labute approximate surface area is 237 Å². The maximum Gasteiger partial charge on any atom is 0.338 e. The van der Waals surface area contributed by atoms with Crippen molar-refractivity contribution in [2.45, 2.75) is 70.1 Å². The minimum atomic E-state index is -1.84. The van der Waals surface area contributed by atoms with E-state index in [0.29, 0.717) is 0 Å². The average Bonchev–Trinajstić information content (AvgIpc) is 2.95. The van der Waals surface area contributed by atoms with E-state index in [-0.39, 0.29) is 18.6 Å². The zero-order chi connectivity index (χ0) is 30.0. The highest BCUT2D eigenvalue weighted by molar-refractivity contribution is 5.89. The van der Waals surface area contributed by atoms with Gasteiger partial charge in [-0.1, -0.05) is 48.5 Å². The van der Waals surface area contributed by atoms with Gasteiger partial charge in [0.2, 0.25) is 0 Å². The number of benzene rings is 2. The van der Waals surface area contributed by atoms with E-state index >= 15 is 0 Å². The van der Waals surface area contributed by atoms with Crippen molar-refractivity contribution in [1.29, 1.82) is 0 Å². The molecule has 1 aliphatic rings. The number of carbonyl (C=O) groups is 4. The van der Waals surface area contributed by atoms with Crippen molar-refractivity contribution < 1.29 is 57.8 Å². The molecule has 2 aromatic carbocycles. The van der Waals surface area contributed by atoms with Crippen molar-refractivity contribution in [1.82, 2.24) is 0 Å². The highest BCUT2D eigenvalue weighted by Crippen LogP contribution is 2.37. The van der Waals surface area contributed by atoms with Gasteiger partial charge in [-0.15, -0.1) is 0 Å². The first-order valence-electron chi connectivity index (χ1n) is 12.9. The van der Waals surface area contributed by atoms with Crippen LogP contribution in [0.1, 0.15) is 43.1 Å². The summed E-state index contributed by atoms with van der Waals surface area (Å²) in [5, 5.41) is 21.5. The molecule has 0 bridgehead atoms. The van der Waals surface area contributed by atoms with Crippen LogP contribution in [0, 0.1) is 0 Å². The molecule has 41 heavy (non-hydrogen) atoms. The predicted molar refractivity (Wildman–Crippen MR) is 140 cm³/mol. The lowest BCUT2D eigenvalue weighted by molar-refractivity contribution is -0.350. The molecule has 1 fully saturated rings. The van der Waals surface area contributed by atoms with E-state index in [0.717, 1.165) is 26.3 Å². The second-order valence-corrected chi connectivity index (χ2v) is 9.46. The summed E-state index contributed by atoms with van der Waals surface area (Å²) in [6.07, 6.45) is -7.76. The van der Waals surface area contributed by atoms with Crippen LogP contribution in [0.15, 0.2) is 60.7 Å². The van der Waals surface area contributed by atoms with Gasteiger partial charge < -0.3 is 38.6 Å². The van der Waals surface area contributed by atoms with Gasteiger partial charge >= 0.3 is 23.9 Å². The lowest BCUT2D eigenvalue weighted by Gasteiger charge is -2.48. The summed E-state index contributed by atoms with van der Waals surface area (Å²) in [5.41, 5.74) is 0.954. The quantitative estimate of drug-likeness (QED) is 0.279. The molecule has 0 spiro atoms. The Kier molecular flexibility index (Phi) is 11.4. The van der Waals surface area contributed by atoms with Crippen molar-refractivity contribution in [3.8, 4) is 0 Å². The van der Waals surface area contributed by atoms with Crippen molar-refractivity contribution in [3.63, 3.8) is 0 Å². The fraction of sp³-hybridized carbons (Fsp3) is 0.448. The monoisotopic (exact) mass is 574 g/mol. The van der Waals surface area contributed by atoms with Gasteiger partial charge in [0.1, 0.15) is 24.9 Å². The van der Waals surface area contributed by atoms with Crippen LogP contribution in [0.2, 0.25) is 0 Å². The first kappa shape index (κ1) is 31.7. The van der Waals surface area contributed by atoms with Crippen LogP contribution in [-0.2, 0) is 49.4 Å². The average molecular weight is 575 g/mol. The summed E-state index contributed by atoms with van der Waals surface area (Å²) < 4.78 is 33.6. The Bertz CT molecular complexity index is 1170. The third kappa shape index (κ3) is 9.08. The maximum atomic E-state index is 12.5.